The van der Waals surface area contributed by atoms with Gasteiger partial charge in [-0.05, 0) is 38.4 Å². The molecule has 0 atom stereocenters. The summed E-state index contributed by atoms with van der Waals surface area (Å²) in [6.45, 7) is 2.75. The second kappa shape index (κ2) is 5.69. The topological polar surface area (TPSA) is 53.1 Å². The molecule has 0 amide bonds. The van der Waals surface area contributed by atoms with Crippen molar-refractivity contribution >= 4 is 0 Å². The number of aromatic nitrogens is 2. The number of methoxy groups -OCH3 is 1. The van der Waals surface area contributed by atoms with Gasteiger partial charge in [-0.15, -0.1) is 0 Å². The largest absolute Gasteiger partial charge is 0.481 e. The molecule has 1 aromatic carbocycles. The third kappa shape index (κ3) is 2.54. The van der Waals surface area contributed by atoms with E-state index in [1.807, 2.05) is 23.0 Å². The van der Waals surface area contributed by atoms with Crippen LogP contribution in [-0.4, -0.2) is 23.4 Å². The Morgan fingerprint density at radius 2 is 2.00 bits per heavy atom. The molecule has 2 aromatic rings. The molecule has 0 spiro atoms. The molecule has 0 unspecified atom stereocenters. The van der Waals surface area contributed by atoms with E-state index in [0.29, 0.717) is 6.54 Å². The number of ether oxygens (including phenoxy) is 1. The molecule has 0 aliphatic heterocycles. The van der Waals surface area contributed by atoms with Crippen molar-refractivity contribution < 1.29 is 4.74 Å². The van der Waals surface area contributed by atoms with Crippen molar-refractivity contribution in [2.24, 2.45) is 5.73 Å². The molecule has 18 heavy (non-hydrogen) atoms. The van der Waals surface area contributed by atoms with Crippen LogP contribution in [0.25, 0.3) is 5.69 Å². The van der Waals surface area contributed by atoms with E-state index in [4.69, 9.17) is 10.5 Å². The van der Waals surface area contributed by atoms with Gasteiger partial charge in [0.2, 0.25) is 5.88 Å². The summed E-state index contributed by atoms with van der Waals surface area (Å²) in [5.41, 5.74) is 8.88. The molecule has 0 aliphatic carbocycles. The highest BCUT2D eigenvalue weighted by molar-refractivity contribution is 5.39. The van der Waals surface area contributed by atoms with Crippen molar-refractivity contribution in [3.8, 4) is 11.6 Å². The van der Waals surface area contributed by atoms with Crippen LogP contribution in [0.3, 0.4) is 0 Å². The van der Waals surface area contributed by atoms with Crippen molar-refractivity contribution in [2.75, 3.05) is 13.7 Å². The summed E-state index contributed by atoms with van der Waals surface area (Å²) in [6, 6.07) is 8.21. The van der Waals surface area contributed by atoms with Crippen LogP contribution in [-0.2, 0) is 6.42 Å². The first-order valence-corrected chi connectivity index (χ1v) is 6.14. The number of hydrogen-bond donors (Lipinski definition) is 1. The average molecular weight is 245 g/mol. The van der Waals surface area contributed by atoms with E-state index in [1.165, 1.54) is 5.56 Å². The number of nitrogens with two attached hydrogens (primary N) is 1. The molecule has 2 rings (SSSR count). The zero-order valence-corrected chi connectivity index (χ0v) is 10.9. The monoisotopic (exact) mass is 245 g/mol. The zero-order valence-electron chi connectivity index (χ0n) is 10.9. The van der Waals surface area contributed by atoms with E-state index in [2.05, 4.69) is 24.2 Å². The first-order valence-electron chi connectivity index (χ1n) is 6.14. The maximum Gasteiger partial charge on any atom is 0.219 e. The van der Waals surface area contributed by atoms with Crippen LogP contribution in [0, 0.1) is 6.92 Å². The summed E-state index contributed by atoms with van der Waals surface area (Å²) in [5, 5.41) is 4.39. The third-order valence-corrected chi connectivity index (χ3v) is 2.92. The minimum absolute atomic E-state index is 0.679. The molecule has 4 nitrogen and oxygen atoms in total. The van der Waals surface area contributed by atoms with Crippen molar-refractivity contribution in [3.63, 3.8) is 0 Å². The fourth-order valence-electron chi connectivity index (χ4n) is 1.92. The van der Waals surface area contributed by atoms with E-state index in [-0.39, 0.29) is 0 Å². The van der Waals surface area contributed by atoms with Gasteiger partial charge in [0.05, 0.1) is 19.0 Å². The Balaban J connectivity index is 2.33. The van der Waals surface area contributed by atoms with Gasteiger partial charge in [-0.3, -0.25) is 0 Å². The van der Waals surface area contributed by atoms with Crippen LogP contribution in [0.15, 0.2) is 30.5 Å². The van der Waals surface area contributed by atoms with E-state index in [0.717, 1.165) is 30.0 Å². The summed E-state index contributed by atoms with van der Waals surface area (Å²) in [5.74, 6) is 0.798. The molecule has 0 saturated heterocycles. The first-order chi connectivity index (χ1) is 8.76. The van der Waals surface area contributed by atoms with Gasteiger partial charge in [-0.2, -0.15) is 5.10 Å². The number of rotatable bonds is 5. The summed E-state index contributed by atoms with van der Waals surface area (Å²) in [4.78, 5) is 0. The molecule has 4 heteroatoms. The van der Waals surface area contributed by atoms with E-state index < -0.39 is 0 Å². The Bertz CT molecular complexity index is 502. The first kappa shape index (κ1) is 12.6. The van der Waals surface area contributed by atoms with E-state index in [1.54, 1.807) is 7.11 Å². The van der Waals surface area contributed by atoms with Crippen molar-refractivity contribution in [1.82, 2.24) is 9.78 Å². The van der Waals surface area contributed by atoms with Crippen molar-refractivity contribution in [1.29, 1.82) is 0 Å². The minimum atomic E-state index is 0.679. The number of benzene rings is 1. The molecule has 0 aliphatic rings. The average Bonchev–Trinajstić information content (AvgIpc) is 2.80. The zero-order chi connectivity index (χ0) is 13.0. The van der Waals surface area contributed by atoms with Gasteiger partial charge in [0.25, 0.3) is 0 Å². The Labute approximate surface area is 107 Å². The highest BCUT2D eigenvalue weighted by atomic mass is 16.5. The third-order valence-electron chi connectivity index (χ3n) is 2.92. The number of hydrogen-bond acceptors (Lipinski definition) is 3. The van der Waals surface area contributed by atoms with Crippen LogP contribution in [0.5, 0.6) is 5.88 Å². The lowest BCUT2D eigenvalue weighted by atomic mass is 10.2. The molecule has 0 bridgehead atoms. The molecular formula is C14H19N3O. The number of aryl methyl sites for hydroxylation is 2. The maximum atomic E-state index is 5.53. The highest BCUT2D eigenvalue weighted by Gasteiger charge is 2.12. The Morgan fingerprint density at radius 1 is 1.28 bits per heavy atom. The predicted molar refractivity (Wildman–Crippen MR) is 72.2 cm³/mol. The van der Waals surface area contributed by atoms with Gasteiger partial charge < -0.3 is 10.5 Å². The van der Waals surface area contributed by atoms with Crippen molar-refractivity contribution in [2.45, 2.75) is 19.8 Å². The Kier molecular flexibility index (Phi) is 3.99. The summed E-state index contributed by atoms with van der Waals surface area (Å²) >= 11 is 0. The van der Waals surface area contributed by atoms with Crippen LogP contribution >= 0.6 is 0 Å². The van der Waals surface area contributed by atoms with E-state index >= 15 is 0 Å². The lowest BCUT2D eigenvalue weighted by Crippen LogP contribution is -2.03. The fraction of sp³-hybridized carbons (Fsp3) is 0.357. The molecule has 0 saturated carbocycles. The molecule has 1 heterocycles. The van der Waals surface area contributed by atoms with Gasteiger partial charge in [0.15, 0.2) is 0 Å². The Hall–Kier alpha value is -1.81. The molecule has 96 valence electrons. The van der Waals surface area contributed by atoms with Crippen LogP contribution in [0.2, 0.25) is 0 Å². The SMILES string of the molecule is COc1c(CCCN)cnn1-c1ccc(C)cc1. The minimum Gasteiger partial charge on any atom is -0.481 e. The highest BCUT2D eigenvalue weighted by Crippen LogP contribution is 2.23. The van der Waals surface area contributed by atoms with Gasteiger partial charge in [-0.25, -0.2) is 4.68 Å². The summed E-state index contributed by atoms with van der Waals surface area (Å²) in [6.07, 6.45) is 3.69. The molecule has 1 aromatic heterocycles. The van der Waals surface area contributed by atoms with Gasteiger partial charge in [-0.1, -0.05) is 17.7 Å². The van der Waals surface area contributed by atoms with Crippen LogP contribution in [0.1, 0.15) is 17.5 Å². The normalized spacial score (nSPS) is 10.6. The van der Waals surface area contributed by atoms with E-state index in [9.17, 15) is 0 Å². The lowest BCUT2D eigenvalue weighted by molar-refractivity contribution is 0.379. The van der Waals surface area contributed by atoms with Crippen LogP contribution < -0.4 is 10.5 Å². The van der Waals surface area contributed by atoms with Gasteiger partial charge >= 0.3 is 0 Å². The lowest BCUT2D eigenvalue weighted by Gasteiger charge is -2.08. The van der Waals surface area contributed by atoms with Gasteiger partial charge in [0.1, 0.15) is 0 Å². The van der Waals surface area contributed by atoms with Crippen LogP contribution in [0.4, 0.5) is 0 Å². The molecule has 0 radical (unpaired) electrons. The molecule has 2 N–H and O–H groups in total. The summed E-state index contributed by atoms with van der Waals surface area (Å²) < 4.78 is 7.28. The Morgan fingerprint density at radius 3 is 2.61 bits per heavy atom. The second-order valence-electron chi connectivity index (χ2n) is 4.32. The standard InChI is InChI=1S/C14H19N3O/c1-11-5-7-13(8-6-11)17-14(18-2)12(10-16-17)4-3-9-15/h5-8,10H,3-4,9,15H2,1-2H3. The van der Waals surface area contributed by atoms with Crippen molar-refractivity contribution in [3.05, 3.63) is 41.6 Å². The molecule has 0 fully saturated rings. The van der Waals surface area contributed by atoms with Gasteiger partial charge in [0, 0.05) is 5.56 Å². The fourth-order valence-corrected chi connectivity index (χ4v) is 1.92. The smallest absolute Gasteiger partial charge is 0.219 e. The maximum absolute atomic E-state index is 5.53. The molecular weight excluding hydrogens is 226 g/mol. The second-order valence-corrected chi connectivity index (χ2v) is 4.32. The number of nitrogens with zero attached hydrogens (tertiary/aromatic N) is 2. The predicted octanol–water partition coefficient (Wildman–Crippen LogP) is 2.08. The summed E-state index contributed by atoms with van der Waals surface area (Å²) in [7, 11) is 1.67. The quantitative estimate of drug-likeness (QED) is 0.877.